The number of nitrogens with zero attached hydrogens (tertiary/aromatic N) is 1. The summed E-state index contributed by atoms with van der Waals surface area (Å²) in [7, 11) is 0. The highest BCUT2D eigenvalue weighted by molar-refractivity contribution is 6.05. The Labute approximate surface area is 225 Å². The Morgan fingerprint density at radius 2 is 1.76 bits per heavy atom. The van der Waals surface area contributed by atoms with Gasteiger partial charge in [-0.05, 0) is 61.1 Å². The average molecular weight is 520 g/mol. The number of aromatic hydroxyl groups is 1. The van der Waals surface area contributed by atoms with Crippen molar-refractivity contribution in [3.8, 4) is 5.75 Å². The maximum Gasteiger partial charge on any atom is 0.233 e. The van der Waals surface area contributed by atoms with E-state index in [0.717, 1.165) is 40.3 Å². The molecule has 0 radical (unpaired) electrons. The summed E-state index contributed by atoms with van der Waals surface area (Å²) in [6.07, 6.45) is 6.24. The number of aliphatic hydroxyl groups excluding tert-OH is 2. The van der Waals surface area contributed by atoms with E-state index in [1.54, 1.807) is 6.07 Å². The van der Waals surface area contributed by atoms with E-state index < -0.39 is 23.9 Å². The minimum atomic E-state index is -0.789. The van der Waals surface area contributed by atoms with E-state index in [-0.39, 0.29) is 24.2 Å². The zero-order valence-corrected chi connectivity index (χ0v) is 22.8. The van der Waals surface area contributed by atoms with Gasteiger partial charge >= 0.3 is 0 Å². The molecule has 2 aromatic carbocycles. The molecule has 2 aromatic rings. The van der Waals surface area contributed by atoms with Crippen molar-refractivity contribution in [3.63, 3.8) is 0 Å². The van der Waals surface area contributed by atoms with Crippen molar-refractivity contribution in [2.24, 2.45) is 17.8 Å². The molecule has 0 spiro atoms. The molecule has 3 N–H and O–H groups in total. The fourth-order valence-corrected chi connectivity index (χ4v) is 6.53. The van der Waals surface area contributed by atoms with Gasteiger partial charge in [0, 0.05) is 17.8 Å². The Morgan fingerprint density at radius 1 is 1.03 bits per heavy atom. The summed E-state index contributed by atoms with van der Waals surface area (Å²) in [6.45, 7) is 6.23. The number of fused-ring (bicyclic) bond motifs is 2. The van der Waals surface area contributed by atoms with Crippen molar-refractivity contribution in [1.29, 1.82) is 0 Å². The molecule has 38 heavy (non-hydrogen) atoms. The quantitative estimate of drug-likeness (QED) is 0.265. The van der Waals surface area contributed by atoms with Crippen LogP contribution in [0.25, 0.3) is 16.8 Å². The van der Waals surface area contributed by atoms with Gasteiger partial charge in [0.1, 0.15) is 5.75 Å². The van der Waals surface area contributed by atoms with E-state index >= 15 is 0 Å². The van der Waals surface area contributed by atoms with Crippen LogP contribution in [0.15, 0.2) is 53.1 Å². The molecule has 0 aromatic heterocycles. The van der Waals surface area contributed by atoms with Crippen LogP contribution in [0.3, 0.4) is 0 Å². The van der Waals surface area contributed by atoms with Gasteiger partial charge in [0.2, 0.25) is 11.8 Å². The Balaban J connectivity index is 1.59. The van der Waals surface area contributed by atoms with Gasteiger partial charge in [0.15, 0.2) is 0 Å². The topological polar surface area (TPSA) is 98.1 Å². The molecule has 4 rings (SSSR count). The molecular formula is C32H41NO5. The summed E-state index contributed by atoms with van der Waals surface area (Å²) in [5, 5.41) is 33.9. The van der Waals surface area contributed by atoms with E-state index in [0.29, 0.717) is 38.6 Å². The monoisotopic (exact) mass is 519 g/mol. The van der Waals surface area contributed by atoms with Crippen LogP contribution in [0.2, 0.25) is 0 Å². The minimum Gasteiger partial charge on any atom is -0.507 e. The molecule has 1 aliphatic carbocycles. The van der Waals surface area contributed by atoms with Crippen LogP contribution in [0.5, 0.6) is 5.75 Å². The van der Waals surface area contributed by atoms with Crippen molar-refractivity contribution in [2.45, 2.75) is 71.8 Å². The maximum atomic E-state index is 13.2. The van der Waals surface area contributed by atoms with Crippen molar-refractivity contribution < 1.29 is 24.9 Å². The molecule has 0 saturated carbocycles. The largest absolute Gasteiger partial charge is 0.507 e. The van der Waals surface area contributed by atoms with Gasteiger partial charge in [0.05, 0.1) is 24.5 Å². The summed E-state index contributed by atoms with van der Waals surface area (Å²) in [6, 6.07) is 11.4. The van der Waals surface area contributed by atoms with Crippen LogP contribution < -0.4 is 0 Å². The Hall–Kier alpha value is -2.96. The standard InChI is InChI=1S/C32H41NO5/c1-4-9-20(17-22-13-15-27(35)24-11-8-7-10-23(22)24)12-14-28(36)29-21(6-3)18-25-30(26(29)19-34)32(38)33(16-5-2)31(25)37/h7-8,10-11,13,15,17,25-26,28,30,34-36H,4-6,9,12,14,16,18-19H2,1-3H3/b20-17+/t25-,26+,28-,30-/m1/s1. The number of aliphatic hydroxyl groups is 2. The lowest BCUT2D eigenvalue weighted by Crippen LogP contribution is -2.39. The summed E-state index contributed by atoms with van der Waals surface area (Å²) in [4.78, 5) is 27.6. The fraction of sp³-hybridized carbons (Fsp3) is 0.500. The second-order valence-electron chi connectivity index (χ2n) is 10.7. The van der Waals surface area contributed by atoms with Crippen LogP contribution in [0.4, 0.5) is 0 Å². The number of carbonyl (C=O) groups excluding carboxylic acids is 2. The average Bonchev–Trinajstić information content (AvgIpc) is 3.16. The normalized spacial score (nSPS) is 22.9. The number of benzene rings is 2. The number of amides is 2. The van der Waals surface area contributed by atoms with E-state index in [1.807, 2.05) is 44.2 Å². The lowest BCUT2D eigenvalue weighted by Gasteiger charge is -2.36. The van der Waals surface area contributed by atoms with Crippen LogP contribution in [-0.4, -0.2) is 51.3 Å². The fourth-order valence-electron chi connectivity index (χ4n) is 6.53. The number of rotatable bonds is 11. The lowest BCUT2D eigenvalue weighted by atomic mass is 9.67. The number of allylic oxidation sites excluding steroid dienone is 2. The third-order valence-corrected chi connectivity index (χ3v) is 8.31. The highest BCUT2D eigenvalue weighted by atomic mass is 16.3. The van der Waals surface area contributed by atoms with Gasteiger partial charge in [-0.3, -0.25) is 14.5 Å². The number of likely N-dealkylation sites (tertiary alicyclic amines) is 1. The zero-order chi connectivity index (χ0) is 27.4. The molecule has 2 amide bonds. The van der Waals surface area contributed by atoms with Gasteiger partial charge in [-0.15, -0.1) is 0 Å². The van der Waals surface area contributed by atoms with Crippen LogP contribution in [0, 0.1) is 17.8 Å². The molecular weight excluding hydrogens is 478 g/mol. The Bertz CT molecular complexity index is 1250. The van der Waals surface area contributed by atoms with Crippen LogP contribution in [0.1, 0.15) is 71.3 Å². The first-order valence-corrected chi connectivity index (χ1v) is 14.1. The first-order valence-electron chi connectivity index (χ1n) is 14.1. The van der Waals surface area contributed by atoms with Crippen molar-refractivity contribution in [2.75, 3.05) is 13.2 Å². The molecule has 0 bridgehead atoms. The number of phenolic OH excluding ortho intramolecular Hbond substituents is 1. The number of hydrogen-bond acceptors (Lipinski definition) is 5. The van der Waals surface area contributed by atoms with Gasteiger partial charge in [0.25, 0.3) is 0 Å². The predicted molar refractivity (Wildman–Crippen MR) is 150 cm³/mol. The first kappa shape index (κ1) is 28.1. The summed E-state index contributed by atoms with van der Waals surface area (Å²) in [5.41, 5.74) is 4.01. The second-order valence-corrected chi connectivity index (χ2v) is 10.7. The molecule has 0 unspecified atom stereocenters. The smallest absolute Gasteiger partial charge is 0.233 e. The molecule has 2 aliphatic rings. The summed E-state index contributed by atoms with van der Waals surface area (Å²) < 4.78 is 0. The second kappa shape index (κ2) is 12.3. The van der Waals surface area contributed by atoms with Crippen molar-refractivity contribution in [1.82, 2.24) is 4.90 Å². The highest BCUT2D eigenvalue weighted by Crippen LogP contribution is 2.47. The molecule has 4 atom stereocenters. The zero-order valence-electron chi connectivity index (χ0n) is 22.8. The highest BCUT2D eigenvalue weighted by Gasteiger charge is 2.54. The Morgan fingerprint density at radius 3 is 2.42 bits per heavy atom. The molecule has 1 fully saturated rings. The van der Waals surface area contributed by atoms with Gasteiger partial charge in [-0.2, -0.15) is 0 Å². The van der Waals surface area contributed by atoms with Gasteiger partial charge in [-0.25, -0.2) is 0 Å². The first-order chi connectivity index (χ1) is 18.4. The third-order valence-electron chi connectivity index (χ3n) is 8.31. The molecule has 1 heterocycles. The third kappa shape index (κ3) is 5.29. The van der Waals surface area contributed by atoms with E-state index in [4.69, 9.17) is 0 Å². The lowest BCUT2D eigenvalue weighted by molar-refractivity contribution is -0.140. The Kier molecular flexibility index (Phi) is 9.06. The molecule has 204 valence electrons. The number of phenols is 1. The maximum absolute atomic E-state index is 13.2. The predicted octanol–water partition coefficient (Wildman–Crippen LogP) is 5.60. The van der Waals surface area contributed by atoms with E-state index in [1.165, 1.54) is 10.5 Å². The SMILES string of the molecule is CCC/C(=C\c1ccc(O)c2ccccc12)CC[C@@H](O)C1=C(CC)C[C@H]2C(=O)N(CCC)C(=O)[C@H]2[C@H]1CO. The van der Waals surface area contributed by atoms with E-state index in [9.17, 15) is 24.9 Å². The summed E-state index contributed by atoms with van der Waals surface area (Å²) >= 11 is 0. The number of imide groups is 1. The molecule has 6 heteroatoms. The minimum absolute atomic E-state index is 0.130. The molecule has 6 nitrogen and oxygen atoms in total. The van der Waals surface area contributed by atoms with E-state index in [2.05, 4.69) is 13.0 Å². The number of carbonyl (C=O) groups is 2. The number of hydrogen-bond donors (Lipinski definition) is 3. The van der Waals surface area contributed by atoms with Gasteiger partial charge < -0.3 is 15.3 Å². The van der Waals surface area contributed by atoms with Crippen LogP contribution in [-0.2, 0) is 9.59 Å². The van der Waals surface area contributed by atoms with Crippen LogP contribution >= 0.6 is 0 Å². The summed E-state index contributed by atoms with van der Waals surface area (Å²) in [5.74, 6) is -1.63. The molecule has 1 saturated heterocycles. The molecule has 1 aliphatic heterocycles. The van der Waals surface area contributed by atoms with Gasteiger partial charge in [-0.1, -0.05) is 74.7 Å². The van der Waals surface area contributed by atoms with Crippen molar-refractivity contribution in [3.05, 3.63) is 58.7 Å². The van der Waals surface area contributed by atoms with Crippen molar-refractivity contribution >= 4 is 28.7 Å².